The van der Waals surface area contributed by atoms with Crippen molar-refractivity contribution < 1.29 is 0 Å². The summed E-state index contributed by atoms with van der Waals surface area (Å²) in [6.45, 7) is 0.239. The average molecular weight is 327 g/mol. The van der Waals surface area contributed by atoms with E-state index in [1.807, 2.05) is 17.8 Å². The molecule has 2 aliphatic heterocycles. The van der Waals surface area contributed by atoms with Crippen molar-refractivity contribution in [3.05, 3.63) is 66.2 Å². The molecule has 5 rings (SSSR count). The van der Waals surface area contributed by atoms with E-state index in [-0.39, 0.29) is 6.71 Å². The van der Waals surface area contributed by atoms with Crippen LogP contribution in [0.1, 0.15) is 5.56 Å². The maximum Gasteiger partial charge on any atom is 0.247 e. The van der Waals surface area contributed by atoms with Gasteiger partial charge >= 0.3 is 0 Å². The molecule has 23 heavy (non-hydrogen) atoms. The number of hydrogen-bond donors (Lipinski definition) is 0. The molecule has 1 nitrogen and oxygen atoms in total. The van der Waals surface area contributed by atoms with Crippen molar-refractivity contribution in [3.63, 3.8) is 0 Å². The van der Waals surface area contributed by atoms with Gasteiger partial charge in [-0.25, -0.2) is 0 Å². The van der Waals surface area contributed by atoms with E-state index in [0.717, 1.165) is 10.5 Å². The van der Waals surface area contributed by atoms with E-state index in [0.29, 0.717) is 0 Å². The van der Waals surface area contributed by atoms with Gasteiger partial charge in [-0.2, -0.15) is 5.26 Å². The van der Waals surface area contributed by atoms with Crippen LogP contribution in [0.25, 0.3) is 0 Å². The van der Waals surface area contributed by atoms with Crippen molar-refractivity contribution in [2.24, 2.45) is 0 Å². The van der Waals surface area contributed by atoms with Gasteiger partial charge in [0.05, 0.1) is 5.56 Å². The summed E-state index contributed by atoms with van der Waals surface area (Å²) < 4.78 is 0. The number of hydrogen-bond acceptors (Lipinski definition) is 3. The first kappa shape index (κ1) is 13.4. The maximum atomic E-state index is 9.53. The van der Waals surface area contributed by atoms with Gasteiger partial charge in [0.25, 0.3) is 0 Å². The van der Waals surface area contributed by atoms with Crippen LogP contribution in [0, 0.1) is 11.3 Å². The molecular formula is C19H10BNS2. The highest BCUT2D eigenvalue weighted by Gasteiger charge is 2.38. The predicted molar refractivity (Wildman–Crippen MR) is 96.9 cm³/mol. The molecular weight excluding hydrogens is 317 g/mol. The molecule has 0 saturated heterocycles. The first-order valence-corrected chi connectivity index (χ1v) is 9.10. The Morgan fingerprint density at radius 3 is 2.09 bits per heavy atom. The van der Waals surface area contributed by atoms with Gasteiger partial charge in [0.2, 0.25) is 6.71 Å². The summed E-state index contributed by atoms with van der Waals surface area (Å²) >= 11 is 3.56. The van der Waals surface area contributed by atoms with Crippen LogP contribution < -0.4 is 16.4 Å². The Balaban J connectivity index is 1.89. The Kier molecular flexibility index (Phi) is 2.88. The zero-order chi connectivity index (χ0) is 15.4. The summed E-state index contributed by atoms with van der Waals surface area (Å²) in [5.74, 6) is 0. The lowest BCUT2D eigenvalue weighted by Crippen LogP contribution is -2.58. The molecule has 0 N–H and O–H groups in total. The summed E-state index contributed by atoms with van der Waals surface area (Å²) in [4.78, 5) is 5.00. The third-order valence-corrected chi connectivity index (χ3v) is 6.86. The standard InChI is InChI=1S/C19H10BNS2/c21-11-12-9-10-17-18-19(12)23-16-8-4-2-6-14(16)20(18)13-5-1-3-7-15(13)22-17/h1-10H. The molecule has 0 fully saturated rings. The fourth-order valence-corrected chi connectivity index (χ4v) is 5.92. The van der Waals surface area contributed by atoms with E-state index in [1.165, 1.54) is 31.1 Å². The molecule has 0 radical (unpaired) electrons. The van der Waals surface area contributed by atoms with Crippen molar-refractivity contribution in [1.82, 2.24) is 0 Å². The largest absolute Gasteiger partial charge is 0.247 e. The minimum atomic E-state index is 0.239. The summed E-state index contributed by atoms with van der Waals surface area (Å²) in [5.41, 5.74) is 4.81. The molecule has 0 aromatic heterocycles. The monoisotopic (exact) mass is 327 g/mol. The average Bonchev–Trinajstić information content (AvgIpc) is 2.61. The number of nitrogens with zero attached hydrogens (tertiary/aromatic N) is 1. The Morgan fingerprint density at radius 1 is 0.739 bits per heavy atom. The fourth-order valence-electron chi connectivity index (χ4n) is 3.47. The van der Waals surface area contributed by atoms with E-state index in [1.54, 1.807) is 11.8 Å². The van der Waals surface area contributed by atoms with Crippen LogP contribution in [-0.4, -0.2) is 6.71 Å². The molecule has 0 amide bonds. The van der Waals surface area contributed by atoms with E-state index >= 15 is 0 Å². The number of fused-ring (bicyclic) bond motifs is 4. The maximum absolute atomic E-state index is 9.53. The summed E-state index contributed by atoms with van der Waals surface area (Å²) in [6.07, 6.45) is 0. The molecule has 3 aromatic rings. The lowest BCUT2D eigenvalue weighted by molar-refractivity contribution is 1.29. The van der Waals surface area contributed by atoms with Gasteiger partial charge in [-0.3, -0.25) is 0 Å². The van der Waals surface area contributed by atoms with Crippen LogP contribution in [0.3, 0.4) is 0 Å². The van der Waals surface area contributed by atoms with Crippen LogP contribution in [0.15, 0.2) is 80.2 Å². The Morgan fingerprint density at radius 2 is 1.39 bits per heavy atom. The third-order valence-electron chi connectivity index (χ3n) is 4.46. The molecule has 0 saturated carbocycles. The highest BCUT2D eigenvalue weighted by atomic mass is 32.2. The van der Waals surface area contributed by atoms with Gasteiger partial charge < -0.3 is 0 Å². The lowest BCUT2D eigenvalue weighted by atomic mass is 9.36. The van der Waals surface area contributed by atoms with Gasteiger partial charge in [0, 0.05) is 19.6 Å². The molecule has 3 aromatic carbocycles. The van der Waals surface area contributed by atoms with Crippen molar-refractivity contribution in [2.45, 2.75) is 19.6 Å². The van der Waals surface area contributed by atoms with Crippen LogP contribution in [0.4, 0.5) is 0 Å². The molecule has 0 bridgehead atoms. The third kappa shape index (κ3) is 1.84. The molecule has 0 unspecified atom stereocenters. The highest BCUT2D eigenvalue weighted by molar-refractivity contribution is 8.01. The molecule has 0 spiro atoms. The molecule has 2 aliphatic rings. The van der Waals surface area contributed by atoms with Gasteiger partial charge in [-0.05, 0) is 29.7 Å². The van der Waals surface area contributed by atoms with E-state index in [2.05, 4.69) is 60.7 Å². The molecule has 4 heteroatoms. The first-order valence-electron chi connectivity index (χ1n) is 7.47. The minimum Gasteiger partial charge on any atom is -0.192 e. The Labute approximate surface area is 143 Å². The Bertz CT molecular complexity index is 995. The molecule has 2 heterocycles. The van der Waals surface area contributed by atoms with Crippen molar-refractivity contribution in [3.8, 4) is 6.07 Å². The van der Waals surface area contributed by atoms with E-state index in [4.69, 9.17) is 0 Å². The van der Waals surface area contributed by atoms with Crippen molar-refractivity contribution >= 4 is 46.6 Å². The van der Waals surface area contributed by atoms with Gasteiger partial charge in [-0.1, -0.05) is 70.8 Å². The van der Waals surface area contributed by atoms with Crippen LogP contribution >= 0.6 is 23.5 Å². The first-order chi connectivity index (χ1) is 11.4. The molecule has 0 atom stereocenters. The SMILES string of the molecule is N#Cc1ccc2c3c1Sc1ccccc1B3c1ccccc1S2. The lowest BCUT2D eigenvalue weighted by Gasteiger charge is -2.33. The normalized spacial score (nSPS) is 13.6. The van der Waals surface area contributed by atoms with Crippen LogP contribution in [0.5, 0.6) is 0 Å². The zero-order valence-electron chi connectivity index (χ0n) is 12.1. The summed E-state index contributed by atoms with van der Waals surface area (Å²) in [6, 6.07) is 23.7. The Hall–Kier alpha value is -2.09. The number of benzene rings is 3. The van der Waals surface area contributed by atoms with E-state index in [9.17, 15) is 5.26 Å². The second kappa shape index (κ2) is 4.96. The second-order valence-electron chi connectivity index (χ2n) is 5.68. The second-order valence-corrected chi connectivity index (χ2v) is 7.81. The summed E-state index contributed by atoms with van der Waals surface area (Å²) in [5, 5.41) is 9.53. The zero-order valence-corrected chi connectivity index (χ0v) is 13.7. The number of rotatable bonds is 0. The van der Waals surface area contributed by atoms with Crippen LogP contribution in [-0.2, 0) is 0 Å². The predicted octanol–water partition coefficient (Wildman–Crippen LogP) is 3.00. The highest BCUT2D eigenvalue weighted by Crippen LogP contribution is 2.39. The van der Waals surface area contributed by atoms with Gasteiger partial charge in [0.1, 0.15) is 6.07 Å². The minimum absolute atomic E-state index is 0.239. The smallest absolute Gasteiger partial charge is 0.192 e. The van der Waals surface area contributed by atoms with Gasteiger partial charge in [0.15, 0.2) is 0 Å². The van der Waals surface area contributed by atoms with E-state index < -0.39 is 0 Å². The topological polar surface area (TPSA) is 23.8 Å². The van der Waals surface area contributed by atoms with Crippen molar-refractivity contribution in [1.29, 1.82) is 5.26 Å². The molecule has 106 valence electrons. The van der Waals surface area contributed by atoms with Gasteiger partial charge in [-0.15, -0.1) is 0 Å². The quantitative estimate of drug-likeness (QED) is 0.409. The molecule has 0 aliphatic carbocycles. The summed E-state index contributed by atoms with van der Waals surface area (Å²) in [7, 11) is 0. The fraction of sp³-hybridized carbons (Fsp3) is 0. The number of nitriles is 1. The van der Waals surface area contributed by atoms with Crippen molar-refractivity contribution in [2.75, 3.05) is 0 Å². The van der Waals surface area contributed by atoms with Crippen LogP contribution in [0.2, 0.25) is 0 Å².